The molecule has 0 bridgehead atoms. The quantitative estimate of drug-likeness (QED) is 0.628. The van der Waals surface area contributed by atoms with E-state index in [0.29, 0.717) is 5.56 Å². The van der Waals surface area contributed by atoms with E-state index in [1.807, 2.05) is 0 Å². The van der Waals surface area contributed by atoms with Crippen molar-refractivity contribution in [1.29, 1.82) is 0 Å². The Bertz CT molecular complexity index is 813. The normalized spacial score (nSPS) is 11.7. The zero-order chi connectivity index (χ0) is 18.7. The van der Waals surface area contributed by atoms with Gasteiger partial charge < -0.3 is 15.4 Å². The Kier molecular flexibility index (Phi) is 6.11. The van der Waals surface area contributed by atoms with Crippen molar-refractivity contribution >= 4 is 52.4 Å². The number of rotatable bonds is 4. The summed E-state index contributed by atoms with van der Waals surface area (Å²) in [7, 11) is 3.12. The first-order chi connectivity index (χ1) is 11.7. The molecule has 6 nitrogen and oxygen atoms in total. The number of carbonyl (C=O) groups excluding carboxylic acids is 2. The van der Waals surface area contributed by atoms with Crippen LogP contribution in [0.4, 0.5) is 5.69 Å². The van der Waals surface area contributed by atoms with Crippen molar-refractivity contribution in [3.8, 4) is 0 Å². The number of aromatic amines is 1. The summed E-state index contributed by atoms with van der Waals surface area (Å²) in [6, 6.07) is 8.60. The number of H-pyrrole nitrogens is 1. The highest BCUT2D eigenvalue weighted by Crippen LogP contribution is 2.33. The van der Waals surface area contributed by atoms with E-state index in [4.69, 9.17) is 45.3 Å². The lowest BCUT2D eigenvalue weighted by Gasteiger charge is -2.20. The summed E-state index contributed by atoms with van der Waals surface area (Å²) in [6.07, 6.45) is -1.15. The molecule has 0 saturated heterocycles. The fourth-order valence-corrected chi connectivity index (χ4v) is 2.60. The lowest BCUT2D eigenvalue weighted by Crippen LogP contribution is -2.32. The highest BCUT2D eigenvalue weighted by Gasteiger charge is 2.33. The molecule has 1 atom stereocenters. The van der Waals surface area contributed by atoms with Crippen molar-refractivity contribution in [1.82, 2.24) is 4.90 Å². The predicted octanol–water partition coefficient (Wildman–Crippen LogP) is 3.03. The van der Waals surface area contributed by atoms with Crippen LogP contribution in [0.15, 0.2) is 30.3 Å². The van der Waals surface area contributed by atoms with Crippen LogP contribution in [0.1, 0.15) is 22.2 Å². The number of amides is 1. The van der Waals surface area contributed by atoms with Crippen LogP contribution in [0, 0.1) is 0 Å². The van der Waals surface area contributed by atoms with E-state index in [1.54, 1.807) is 44.4 Å². The number of benzene rings is 1. The second-order valence-electron chi connectivity index (χ2n) is 5.28. The number of hydrogen-bond acceptors (Lipinski definition) is 4. The van der Waals surface area contributed by atoms with Gasteiger partial charge in [-0.15, -0.1) is 0 Å². The molecule has 0 radical (unpaired) electrons. The van der Waals surface area contributed by atoms with Crippen molar-refractivity contribution in [3.63, 3.8) is 0 Å². The minimum Gasteiger partial charge on any atom is -0.439 e. The Balaban J connectivity index is 2.40. The van der Waals surface area contributed by atoms with Gasteiger partial charge in [-0.1, -0.05) is 53.5 Å². The molecule has 0 aliphatic heterocycles. The third-order valence-electron chi connectivity index (χ3n) is 3.32. The first kappa shape index (κ1) is 19.3. The van der Waals surface area contributed by atoms with Crippen LogP contribution < -0.4 is 10.7 Å². The zero-order valence-electron chi connectivity index (χ0n) is 13.3. The van der Waals surface area contributed by atoms with Gasteiger partial charge in [0.2, 0.25) is 6.10 Å². The molecule has 132 valence electrons. The number of anilines is 1. The van der Waals surface area contributed by atoms with Gasteiger partial charge in [-0.25, -0.2) is 4.79 Å². The first-order valence-corrected chi connectivity index (χ1v) is 8.19. The largest absolute Gasteiger partial charge is 0.439 e. The summed E-state index contributed by atoms with van der Waals surface area (Å²) in [5.41, 5.74) is 5.98. The van der Waals surface area contributed by atoms with Gasteiger partial charge in [-0.05, 0) is 11.6 Å². The van der Waals surface area contributed by atoms with Gasteiger partial charge in [-0.3, -0.25) is 4.79 Å². The summed E-state index contributed by atoms with van der Waals surface area (Å²) in [5.74, 6) is -1.30. The number of nitrogens with one attached hydrogen (secondary N) is 1. The number of carbonyl (C=O) groups is 2. The molecule has 0 aliphatic carbocycles. The van der Waals surface area contributed by atoms with Gasteiger partial charge >= 0.3 is 11.7 Å². The number of hydrogen-bond donors (Lipinski definition) is 1. The molecule has 1 heterocycles. The molecule has 1 aromatic carbocycles. The average Bonchev–Trinajstić information content (AvgIpc) is 2.60. The number of esters is 1. The number of nitrogens with zero attached hydrogens (tertiary/aromatic N) is 1. The highest BCUT2D eigenvalue weighted by molar-refractivity contribution is 6.45. The number of aromatic nitrogens is 1. The van der Waals surface area contributed by atoms with Crippen LogP contribution in [0.5, 0.6) is 0 Å². The van der Waals surface area contributed by atoms with Gasteiger partial charge in [0.15, 0.2) is 0 Å². The van der Waals surface area contributed by atoms with E-state index in [1.165, 1.54) is 4.90 Å². The molecule has 2 aromatic rings. The molecule has 0 aliphatic rings. The number of nitrogen functional groups attached to an aromatic ring is 1. The molecule has 0 spiro atoms. The minimum atomic E-state index is -1.15. The van der Waals surface area contributed by atoms with Crippen LogP contribution in [-0.4, -0.2) is 30.9 Å². The molecule has 1 amide bonds. The Morgan fingerprint density at radius 3 is 2.28 bits per heavy atom. The number of pyridine rings is 1. The Morgan fingerprint density at radius 2 is 1.72 bits per heavy atom. The van der Waals surface area contributed by atoms with E-state index < -0.39 is 18.0 Å². The smallest absolute Gasteiger partial charge is 0.406 e. The summed E-state index contributed by atoms with van der Waals surface area (Å²) >= 11 is 17.8. The monoisotopic (exact) mass is 402 g/mol. The van der Waals surface area contributed by atoms with Crippen molar-refractivity contribution in [2.24, 2.45) is 0 Å². The summed E-state index contributed by atoms with van der Waals surface area (Å²) in [4.78, 5) is 28.8. The minimum absolute atomic E-state index is 0.00723. The van der Waals surface area contributed by atoms with Gasteiger partial charge in [-0.2, -0.15) is 4.98 Å². The van der Waals surface area contributed by atoms with Crippen molar-refractivity contribution in [3.05, 3.63) is 56.8 Å². The van der Waals surface area contributed by atoms with Crippen LogP contribution in [0.25, 0.3) is 0 Å². The third kappa shape index (κ3) is 4.15. The molecule has 2 rings (SSSR count). The third-order valence-corrected chi connectivity index (χ3v) is 4.48. The van der Waals surface area contributed by atoms with Crippen molar-refractivity contribution in [2.75, 3.05) is 19.8 Å². The van der Waals surface area contributed by atoms with Crippen LogP contribution in [0.3, 0.4) is 0 Å². The van der Waals surface area contributed by atoms with E-state index in [-0.39, 0.29) is 26.6 Å². The molecule has 3 N–H and O–H groups in total. The number of nitrogens with two attached hydrogens (primary N) is 1. The summed E-state index contributed by atoms with van der Waals surface area (Å²) in [5, 5.41) is -0.207. The maximum Gasteiger partial charge on any atom is 0.406 e. The highest BCUT2D eigenvalue weighted by atomic mass is 35.5. The fourth-order valence-electron chi connectivity index (χ4n) is 2.00. The summed E-state index contributed by atoms with van der Waals surface area (Å²) < 4.78 is 5.37. The van der Waals surface area contributed by atoms with E-state index in [0.717, 1.165) is 0 Å². The Labute approximate surface area is 159 Å². The predicted molar refractivity (Wildman–Crippen MR) is 95.7 cm³/mol. The first-order valence-electron chi connectivity index (χ1n) is 7.06. The van der Waals surface area contributed by atoms with Crippen molar-refractivity contribution in [2.45, 2.75) is 6.10 Å². The number of halogens is 3. The van der Waals surface area contributed by atoms with E-state index >= 15 is 0 Å². The van der Waals surface area contributed by atoms with Crippen molar-refractivity contribution < 1.29 is 19.3 Å². The Hall–Kier alpha value is -2.02. The van der Waals surface area contributed by atoms with Crippen LogP contribution in [-0.2, 0) is 9.53 Å². The molecule has 1 aromatic heterocycles. The number of likely N-dealkylation sites (N-methyl/N-ethyl adjacent to an activating group) is 1. The molecule has 9 heteroatoms. The average molecular weight is 404 g/mol. The van der Waals surface area contributed by atoms with Gasteiger partial charge in [0.25, 0.3) is 11.1 Å². The number of ether oxygens (including phenoxy) is 1. The SMILES string of the molecule is CN(C)C(=O)[C@H](OC(=O)c1[nH+]c(Cl)c(Cl)c(N)c1Cl)c1ccccc1. The van der Waals surface area contributed by atoms with E-state index in [2.05, 4.69) is 4.98 Å². The lowest BCUT2D eigenvalue weighted by molar-refractivity contribution is -0.380. The van der Waals surface area contributed by atoms with Crippen LogP contribution >= 0.6 is 34.8 Å². The second-order valence-corrected chi connectivity index (χ2v) is 6.42. The van der Waals surface area contributed by atoms with Crippen LogP contribution in [0.2, 0.25) is 15.2 Å². The zero-order valence-corrected chi connectivity index (χ0v) is 15.6. The van der Waals surface area contributed by atoms with Gasteiger partial charge in [0, 0.05) is 19.7 Å². The fraction of sp³-hybridized carbons (Fsp3) is 0.188. The molecular formula is C16H15Cl3N3O3+. The van der Waals surface area contributed by atoms with Gasteiger partial charge in [0.1, 0.15) is 10.0 Å². The molecule has 0 fully saturated rings. The molecular weight excluding hydrogens is 389 g/mol. The molecule has 0 saturated carbocycles. The topological polar surface area (TPSA) is 86.8 Å². The Morgan fingerprint density at radius 1 is 1.12 bits per heavy atom. The van der Waals surface area contributed by atoms with E-state index in [9.17, 15) is 9.59 Å². The maximum absolute atomic E-state index is 12.5. The molecule has 25 heavy (non-hydrogen) atoms. The summed E-state index contributed by atoms with van der Waals surface area (Å²) in [6.45, 7) is 0. The molecule has 0 unspecified atom stereocenters. The van der Waals surface area contributed by atoms with Gasteiger partial charge in [0.05, 0.1) is 5.69 Å². The maximum atomic E-state index is 12.5. The standard InChI is InChI=1S/C16H14Cl3N3O3/c1-22(2)15(23)13(8-6-4-3-5-7-8)25-16(24)12-9(17)11(20)10(18)14(19)21-12/h3-7,13H,1-2H3,(H2,20,21)/p+1/t13-/m1/s1. The second kappa shape index (κ2) is 7.91. The lowest BCUT2D eigenvalue weighted by atomic mass is 10.1.